The van der Waals surface area contributed by atoms with Crippen molar-refractivity contribution in [1.29, 1.82) is 0 Å². The minimum atomic E-state index is -0.0525. The summed E-state index contributed by atoms with van der Waals surface area (Å²) >= 11 is 0. The lowest BCUT2D eigenvalue weighted by molar-refractivity contribution is 0.0589. The van der Waals surface area contributed by atoms with Gasteiger partial charge in [-0.05, 0) is 38.3 Å². The van der Waals surface area contributed by atoms with Crippen LogP contribution in [-0.4, -0.2) is 37.3 Å². The molecular formula is C17H19N5O. The Morgan fingerprint density at radius 3 is 2.91 bits per heavy atom. The van der Waals surface area contributed by atoms with E-state index in [4.69, 9.17) is 0 Å². The van der Waals surface area contributed by atoms with E-state index in [1.54, 1.807) is 6.20 Å². The SMILES string of the molecule is Cc1cnc(C(=O)N2CCCC[C@H]2c2nc3ccccc3[nH]2)[nH]1. The van der Waals surface area contributed by atoms with Crippen molar-refractivity contribution in [3.63, 3.8) is 0 Å². The lowest BCUT2D eigenvalue weighted by Gasteiger charge is -2.33. The highest BCUT2D eigenvalue weighted by molar-refractivity contribution is 5.91. The number of carbonyl (C=O) groups is 1. The first-order valence-electron chi connectivity index (χ1n) is 7.99. The molecule has 1 aliphatic heterocycles. The minimum Gasteiger partial charge on any atom is -0.340 e. The van der Waals surface area contributed by atoms with Crippen molar-refractivity contribution < 1.29 is 4.79 Å². The van der Waals surface area contributed by atoms with Crippen molar-refractivity contribution in [2.24, 2.45) is 0 Å². The average Bonchev–Trinajstić information content (AvgIpc) is 3.20. The summed E-state index contributed by atoms with van der Waals surface area (Å²) in [6.07, 6.45) is 4.73. The molecule has 3 aromatic rings. The molecule has 0 spiro atoms. The number of aromatic amines is 2. The van der Waals surface area contributed by atoms with E-state index in [9.17, 15) is 4.79 Å². The van der Waals surface area contributed by atoms with Crippen LogP contribution in [0.5, 0.6) is 0 Å². The minimum absolute atomic E-state index is 0.0194. The number of para-hydroxylation sites is 2. The number of aryl methyl sites for hydroxylation is 1. The summed E-state index contributed by atoms with van der Waals surface area (Å²) in [4.78, 5) is 30.0. The Morgan fingerprint density at radius 2 is 2.13 bits per heavy atom. The Morgan fingerprint density at radius 1 is 1.26 bits per heavy atom. The van der Waals surface area contributed by atoms with Gasteiger partial charge in [-0.15, -0.1) is 0 Å². The molecule has 1 aliphatic rings. The third-order valence-electron chi connectivity index (χ3n) is 4.39. The number of carbonyl (C=O) groups excluding carboxylic acids is 1. The number of benzene rings is 1. The van der Waals surface area contributed by atoms with E-state index >= 15 is 0 Å². The molecule has 118 valence electrons. The summed E-state index contributed by atoms with van der Waals surface area (Å²) in [5.41, 5.74) is 2.84. The van der Waals surface area contributed by atoms with Crippen LogP contribution in [0.25, 0.3) is 11.0 Å². The molecule has 6 nitrogen and oxygen atoms in total. The number of hydrogen-bond donors (Lipinski definition) is 2. The largest absolute Gasteiger partial charge is 0.340 e. The first-order chi connectivity index (χ1) is 11.2. The Hall–Kier alpha value is -2.63. The van der Waals surface area contributed by atoms with Crippen LogP contribution < -0.4 is 0 Å². The highest BCUT2D eigenvalue weighted by Gasteiger charge is 2.31. The van der Waals surface area contributed by atoms with Crippen molar-refractivity contribution in [1.82, 2.24) is 24.8 Å². The number of likely N-dealkylation sites (tertiary alicyclic amines) is 1. The van der Waals surface area contributed by atoms with Crippen LogP contribution in [0.2, 0.25) is 0 Å². The lowest BCUT2D eigenvalue weighted by atomic mass is 10.0. The Bertz CT molecular complexity index is 816. The Kier molecular flexibility index (Phi) is 3.37. The standard InChI is InChI=1S/C17H19N5O/c1-11-10-18-16(19-11)17(23)22-9-5-4-8-14(22)15-20-12-6-2-3-7-13(12)21-15/h2-3,6-7,10,14H,4-5,8-9H2,1H3,(H,18,19)(H,20,21)/t14-/m0/s1. The maximum absolute atomic E-state index is 12.8. The van der Waals surface area contributed by atoms with Crippen molar-refractivity contribution in [3.05, 3.63) is 47.8 Å². The molecule has 0 bridgehead atoms. The molecule has 1 amide bonds. The van der Waals surface area contributed by atoms with Crippen LogP contribution in [0.1, 0.15) is 47.4 Å². The van der Waals surface area contributed by atoms with Gasteiger partial charge >= 0.3 is 0 Å². The summed E-state index contributed by atoms with van der Waals surface area (Å²) in [5.74, 6) is 1.22. The maximum Gasteiger partial charge on any atom is 0.290 e. The molecule has 4 rings (SSSR count). The van der Waals surface area contributed by atoms with E-state index in [2.05, 4.69) is 19.9 Å². The Labute approximate surface area is 133 Å². The molecule has 23 heavy (non-hydrogen) atoms. The number of amides is 1. The number of hydrogen-bond acceptors (Lipinski definition) is 3. The lowest BCUT2D eigenvalue weighted by Crippen LogP contribution is -2.39. The number of rotatable bonds is 2. The number of fused-ring (bicyclic) bond motifs is 1. The third kappa shape index (κ3) is 2.50. The fraction of sp³-hybridized carbons (Fsp3) is 0.353. The van der Waals surface area contributed by atoms with Gasteiger partial charge in [-0.25, -0.2) is 9.97 Å². The van der Waals surface area contributed by atoms with Crippen LogP contribution in [0.15, 0.2) is 30.5 Å². The molecule has 0 saturated carbocycles. The maximum atomic E-state index is 12.8. The van der Waals surface area contributed by atoms with E-state index in [1.165, 1.54) is 0 Å². The molecule has 2 N–H and O–H groups in total. The highest BCUT2D eigenvalue weighted by atomic mass is 16.2. The number of piperidine rings is 1. The van der Waals surface area contributed by atoms with Crippen LogP contribution in [-0.2, 0) is 0 Å². The second-order valence-corrected chi connectivity index (χ2v) is 6.06. The second kappa shape index (κ2) is 5.53. The first kappa shape index (κ1) is 14.0. The number of imidazole rings is 2. The summed E-state index contributed by atoms with van der Waals surface area (Å²) < 4.78 is 0. The molecule has 3 heterocycles. The number of H-pyrrole nitrogens is 2. The summed E-state index contributed by atoms with van der Waals surface area (Å²) in [6, 6.07) is 7.94. The quantitative estimate of drug-likeness (QED) is 0.764. The number of nitrogens with one attached hydrogen (secondary N) is 2. The summed E-state index contributed by atoms with van der Waals surface area (Å²) in [5, 5.41) is 0. The van der Waals surface area contributed by atoms with Gasteiger partial charge < -0.3 is 14.9 Å². The molecule has 0 unspecified atom stereocenters. The fourth-order valence-corrected chi connectivity index (χ4v) is 3.25. The third-order valence-corrected chi connectivity index (χ3v) is 4.39. The van der Waals surface area contributed by atoms with Gasteiger partial charge in [-0.1, -0.05) is 12.1 Å². The van der Waals surface area contributed by atoms with Gasteiger partial charge in [0, 0.05) is 18.4 Å². The fourth-order valence-electron chi connectivity index (χ4n) is 3.25. The Balaban J connectivity index is 1.68. The first-order valence-corrected chi connectivity index (χ1v) is 7.99. The molecule has 1 fully saturated rings. The van der Waals surface area contributed by atoms with E-state index in [0.717, 1.165) is 48.4 Å². The molecule has 6 heteroatoms. The normalized spacial score (nSPS) is 18.5. The van der Waals surface area contributed by atoms with Crippen LogP contribution in [0.3, 0.4) is 0 Å². The van der Waals surface area contributed by atoms with Gasteiger partial charge in [0.25, 0.3) is 5.91 Å². The molecule has 1 aromatic carbocycles. The van der Waals surface area contributed by atoms with E-state index in [1.807, 2.05) is 36.1 Å². The van der Waals surface area contributed by atoms with E-state index in [-0.39, 0.29) is 11.9 Å². The molecule has 2 aromatic heterocycles. The van der Waals surface area contributed by atoms with Gasteiger partial charge in [-0.3, -0.25) is 4.79 Å². The van der Waals surface area contributed by atoms with E-state index in [0.29, 0.717) is 5.82 Å². The van der Waals surface area contributed by atoms with E-state index < -0.39 is 0 Å². The van der Waals surface area contributed by atoms with Gasteiger partial charge in [-0.2, -0.15) is 0 Å². The summed E-state index contributed by atoms with van der Waals surface area (Å²) in [6.45, 7) is 2.64. The van der Waals surface area contributed by atoms with Crippen molar-refractivity contribution in [2.45, 2.75) is 32.2 Å². The van der Waals surface area contributed by atoms with Crippen LogP contribution in [0, 0.1) is 6.92 Å². The second-order valence-electron chi connectivity index (χ2n) is 6.06. The number of nitrogens with zero attached hydrogens (tertiary/aromatic N) is 3. The van der Waals surface area contributed by atoms with Crippen molar-refractivity contribution in [2.75, 3.05) is 6.54 Å². The molecule has 0 radical (unpaired) electrons. The van der Waals surface area contributed by atoms with Crippen molar-refractivity contribution in [3.8, 4) is 0 Å². The van der Waals surface area contributed by atoms with Crippen LogP contribution in [0.4, 0.5) is 0 Å². The zero-order chi connectivity index (χ0) is 15.8. The zero-order valence-electron chi connectivity index (χ0n) is 13.0. The molecule has 1 atom stereocenters. The molecular weight excluding hydrogens is 290 g/mol. The molecule has 1 saturated heterocycles. The zero-order valence-corrected chi connectivity index (χ0v) is 13.0. The predicted octanol–water partition coefficient (Wildman–Crippen LogP) is 2.96. The highest BCUT2D eigenvalue weighted by Crippen LogP contribution is 2.31. The van der Waals surface area contributed by atoms with Gasteiger partial charge in [0.2, 0.25) is 0 Å². The van der Waals surface area contributed by atoms with Crippen LogP contribution >= 0.6 is 0 Å². The molecule has 0 aliphatic carbocycles. The van der Waals surface area contributed by atoms with Gasteiger partial charge in [0.15, 0.2) is 5.82 Å². The summed E-state index contributed by atoms with van der Waals surface area (Å²) in [7, 11) is 0. The smallest absolute Gasteiger partial charge is 0.290 e. The van der Waals surface area contributed by atoms with Gasteiger partial charge in [0.05, 0.1) is 17.1 Å². The predicted molar refractivity (Wildman–Crippen MR) is 87.0 cm³/mol. The monoisotopic (exact) mass is 309 g/mol. The van der Waals surface area contributed by atoms with Gasteiger partial charge in [0.1, 0.15) is 5.82 Å². The van der Waals surface area contributed by atoms with Crippen molar-refractivity contribution >= 4 is 16.9 Å². The average molecular weight is 309 g/mol. The topological polar surface area (TPSA) is 77.7 Å². The number of aromatic nitrogens is 4.